The molecular weight excluding hydrogens is 1920 g/mol. The lowest BCUT2D eigenvalue weighted by Crippen LogP contribution is -2.14. The quantitative estimate of drug-likeness (QED) is 0.0287. The third-order valence-electron chi connectivity index (χ3n) is 20.7. The average molecular weight is 1990 g/mol. The van der Waals surface area contributed by atoms with Gasteiger partial charge in [-0.2, -0.15) is 94.3 Å². The molecule has 0 atom stereocenters. The molecule has 0 unspecified atom stereocenters. The van der Waals surface area contributed by atoms with Gasteiger partial charge in [-0.3, -0.25) is 38.5 Å². The molecule has 8 heterocycles. The van der Waals surface area contributed by atoms with Crippen LogP contribution in [0.2, 0.25) is 5.15 Å². The van der Waals surface area contributed by atoms with Crippen LogP contribution in [-0.2, 0) is 69.8 Å². The molecule has 21 nitrogen and oxygen atoms in total. The lowest BCUT2D eigenvalue weighted by molar-refractivity contribution is -0.383. The van der Waals surface area contributed by atoms with Crippen LogP contribution in [0.3, 0.4) is 0 Å². The lowest BCUT2D eigenvalue weighted by Gasteiger charge is -2.13. The van der Waals surface area contributed by atoms with Crippen molar-refractivity contribution in [1.82, 2.24) is 48.4 Å². The number of alkyl halides is 18. The van der Waals surface area contributed by atoms with Gasteiger partial charge in [0, 0.05) is 45.3 Å². The van der Waals surface area contributed by atoms with Crippen molar-refractivity contribution in [1.29, 1.82) is 0 Å². The summed E-state index contributed by atoms with van der Waals surface area (Å²) in [6, 6.07) is 61.1. The molecule has 3 amide bonds. The Bertz CT molecular complexity index is 7360. The fourth-order valence-corrected chi connectivity index (χ4v) is 15.4. The number of thiazole rings is 1. The zero-order chi connectivity index (χ0) is 97.5. The second kappa shape index (κ2) is 40.0. The van der Waals surface area contributed by atoms with E-state index < -0.39 is 88.2 Å². The highest BCUT2D eigenvalue weighted by Crippen LogP contribution is 2.42. The number of carbonyl (C=O) groups is 3. The molecule has 0 saturated carbocycles. The number of nitrogens with zero attached hydrogens (tertiary/aromatic N) is 11. The number of nitrogens with two attached hydrogens (primary N) is 1. The summed E-state index contributed by atoms with van der Waals surface area (Å²) >= 11 is 10.3. The molecule has 18 rings (SSSR count). The second-order valence-corrected chi connectivity index (χ2v) is 32.2. The van der Waals surface area contributed by atoms with Crippen molar-refractivity contribution < 1.29 is 103 Å². The summed E-state index contributed by atoms with van der Waals surface area (Å²) in [5, 5.41) is 34.7. The number of nitrogen functional groups attached to an aromatic ring is 1. The van der Waals surface area contributed by atoms with Crippen molar-refractivity contribution in [3.8, 4) is 0 Å². The molecule has 0 aliphatic heterocycles. The number of furan rings is 1. The minimum absolute atomic E-state index is 0.0310. The zero-order valence-corrected chi connectivity index (χ0v) is 72.7. The minimum atomic E-state index is -4.68. The summed E-state index contributed by atoms with van der Waals surface area (Å²) in [7, 11) is 0. The van der Waals surface area contributed by atoms with E-state index in [-0.39, 0.29) is 80.0 Å². The number of anilines is 4. The number of para-hydroxylation sites is 3. The Labute approximate surface area is 773 Å². The largest absolute Gasteiger partial charge is 0.472 e. The Morgan fingerprint density at radius 1 is 0.449 bits per heavy atom. The standard InChI is InChI=1S/C22H14F6N2O2.C21H14ClF3N4O.C21H14F6N4OS.C15H11BrN2O2.C15H12F3N3/c23-21(24,25)15-6-4-13(5-7-15)10-30-11-18(29-20(31)14-8-9-32-12-14)16-2-1-3-17(19(16)30)22(26,27)28;22-18-7-3-5-16(26-18)20(30)27-19-15-4-1-2-6-17(15)29(28-19)12-13-8-10-14(11-9-13)21(23,24)25;1-11-17(33-10-28-11)19(32)29-18-15-7-6-14(21(25,26)27)8-16(15)31(30-18)9-12-2-4-13(5-3-12)20(22,23)24;16-12-6-7-14-13(8-12)15(18(19)20)10-17(14)9-11-4-2-1-3-5-11;16-15(17,18)11-7-5-10(6-8-11)9-21-13-4-2-1-3-12(13)14(19)20-21/h1-9,11-12H,10H2,(H,29,31);1-11H,12H2,(H,27,28,30);2-8,10H,9H2,1H3,(H,29,30,32);1-8,10H,9H2;1-8H,9H2,(H2,19,20). The topological polar surface area (TPSA) is 259 Å². The fraction of sp³-hybridized carbons (Fsp3) is 0.128. The molecule has 0 bridgehead atoms. The predicted octanol–water partition coefficient (Wildman–Crippen LogP) is 26.2. The van der Waals surface area contributed by atoms with Crippen LogP contribution in [0, 0.1) is 17.0 Å². The van der Waals surface area contributed by atoms with Crippen LogP contribution in [0.1, 0.15) is 97.4 Å². The number of halogens is 20. The Balaban J connectivity index is 0.000000138. The van der Waals surface area contributed by atoms with Crippen molar-refractivity contribution >= 4 is 140 Å². The number of amides is 3. The third kappa shape index (κ3) is 23.4. The summed E-state index contributed by atoms with van der Waals surface area (Å²) in [6.07, 6.45) is -21.6. The van der Waals surface area contributed by atoms with E-state index in [0.717, 1.165) is 116 Å². The highest BCUT2D eigenvalue weighted by Gasteiger charge is 2.38. The molecule has 0 fully saturated rings. The summed E-state index contributed by atoms with van der Waals surface area (Å²) in [5.41, 5.74) is 9.06. The maximum absolute atomic E-state index is 13.7. The Morgan fingerprint density at radius 2 is 0.912 bits per heavy atom. The first-order valence-electron chi connectivity index (χ1n) is 39.9. The second-order valence-electron chi connectivity index (χ2n) is 30.0. The number of aryl methyl sites for hydroxylation is 1. The van der Waals surface area contributed by atoms with E-state index in [4.69, 9.17) is 21.8 Å². The summed E-state index contributed by atoms with van der Waals surface area (Å²) in [4.78, 5) is 56.6. The molecule has 5 N–H and O–H groups in total. The minimum Gasteiger partial charge on any atom is -0.472 e. The van der Waals surface area contributed by atoms with Gasteiger partial charge in [0.2, 0.25) is 0 Å². The number of rotatable bonds is 17. The first-order chi connectivity index (χ1) is 64.4. The first-order valence-corrected chi connectivity index (χ1v) is 42.0. The van der Waals surface area contributed by atoms with Crippen LogP contribution >= 0.6 is 38.9 Å². The van der Waals surface area contributed by atoms with Gasteiger partial charge in [0.05, 0.1) is 126 Å². The number of hydrogen-bond donors (Lipinski definition) is 4. The van der Waals surface area contributed by atoms with Crippen LogP contribution in [0.4, 0.5) is 108 Å². The van der Waals surface area contributed by atoms with E-state index in [9.17, 15) is 104 Å². The number of aromatic nitrogens is 10. The average Bonchev–Trinajstić information content (AvgIpc) is 1.61. The van der Waals surface area contributed by atoms with Crippen molar-refractivity contribution in [2.24, 2.45) is 0 Å². The summed E-state index contributed by atoms with van der Waals surface area (Å²) in [6.45, 7) is 2.63. The van der Waals surface area contributed by atoms with Gasteiger partial charge in [-0.05, 0) is 168 Å². The smallest absolute Gasteiger partial charge is 0.418 e. The normalized spacial score (nSPS) is 11.9. The van der Waals surface area contributed by atoms with Gasteiger partial charge in [-0.1, -0.05) is 149 Å². The number of hydrogen-bond acceptors (Lipinski definition) is 13. The lowest BCUT2D eigenvalue weighted by atomic mass is 10.1. The Hall–Kier alpha value is -15.1. The Morgan fingerprint density at radius 3 is 1.42 bits per heavy atom. The van der Waals surface area contributed by atoms with E-state index in [0.29, 0.717) is 62.8 Å². The molecule has 42 heteroatoms. The van der Waals surface area contributed by atoms with Gasteiger partial charge >= 0.3 is 37.1 Å². The van der Waals surface area contributed by atoms with E-state index in [1.54, 1.807) is 52.8 Å². The molecule has 0 radical (unpaired) electrons. The van der Waals surface area contributed by atoms with Crippen molar-refractivity contribution in [2.45, 2.75) is 76.7 Å². The molecular formula is C94H65BrClF18N15O6S. The highest BCUT2D eigenvalue weighted by molar-refractivity contribution is 9.10. The molecule has 0 saturated heterocycles. The van der Waals surface area contributed by atoms with Gasteiger partial charge in [-0.15, -0.1) is 11.3 Å². The summed E-state index contributed by atoms with van der Waals surface area (Å²) in [5.74, 6) is -0.798. The van der Waals surface area contributed by atoms with Crippen LogP contribution in [0.5, 0.6) is 0 Å². The number of nitrogens with one attached hydrogen (secondary N) is 3. The molecule has 18 aromatic rings. The molecule has 698 valence electrons. The highest BCUT2D eigenvalue weighted by atomic mass is 79.9. The van der Waals surface area contributed by atoms with Gasteiger partial charge in [-0.25, -0.2) is 9.97 Å². The number of pyridine rings is 1. The molecule has 10 aromatic carbocycles. The third-order valence-corrected chi connectivity index (χ3v) is 22.3. The van der Waals surface area contributed by atoms with E-state index in [1.165, 1.54) is 112 Å². The van der Waals surface area contributed by atoms with Gasteiger partial charge < -0.3 is 35.2 Å². The molecule has 0 aliphatic carbocycles. The maximum Gasteiger partial charge on any atom is 0.418 e. The molecule has 0 aliphatic rings. The monoisotopic (exact) mass is 1990 g/mol. The van der Waals surface area contributed by atoms with E-state index in [2.05, 4.69) is 57.1 Å². The SMILES string of the molecule is Cc1ncsc1C(=O)Nc1nn(Cc2ccc(C(F)(F)F)cc2)c2cc(C(F)(F)F)ccc12.Nc1nn(Cc2ccc(C(F)(F)F)cc2)c2ccccc12.O=C(Nc1cn(Cc2ccc(C(F)(F)F)cc2)c2c(C(F)(F)F)cccc12)c1ccoc1.O=C(Nc1nn(Cc2ccc(C(F)(F)F)cc2)c2ccccc12)c1cccc(Cl)n1.O=[N+]([O-])c1cn(Cc2ccccc2)c2ccc(Br)cc12. The van der Waals surface area contributed by atoms with Crippen LogP contribution < -0.4 is 21.7 Å². The maximum atomic E-state index is 13.7. The van der Waals surface area contributed by atoms with Gasteiger partial charge in [0.1, 0.15) is 22.0 Å². The molecule has 0 spiro atoms. The van der Waals surface area contributed by atoms with Crippen molar-refractivity contribution in [3.63, 3.8) is 0 Å². The number of carbonyl (C=O) groups excluding carboxylic acids is 3. The van der Waals surface area contributed by atoms with Crippen molar-refractivity contribution in [2.75, 3.05) is 21.7 Å². The van der Waals surface area contributed by atoms with Crippen LogP contribution in [0.15, 0.2) is 294 Å². The molecule has 136 heavy (non-hydrogen) atoms. The number of nitro groups is 1. The van der Waals surface area contributed by atoms with Gasteiger partial charge in [0.15, 0.2) is 17.5 Å². The van der Waals surface area contributed by atoms with Crippen molar-refractivity contribution in [3.05, 3.63) is 388 Å². The zero-order valence-electron chi connectivity index (χ0n) is 69.6. The van der Waals surface area contributed by atoms with Crippen LogP contribution in [-0.4, -0.2) is 71.1 Å². The van der Waals surface area contributed by atoms with Gasteiger partial charge in [0.25, 0.3) is 23.4 Å². The number of fused-ring (bicyclic) bond motifs is 5. The predicted molar refractivity (Wildman–Crippen MR) is 478 cm³/mol. The number of benzene rings is 10. The van der Waals surface area contributed by atoms with E-state index >= 15 is 0 Å². The Kier molecular flexibility index (Phi) is 28.5. The van der Waals surface area contributed by atoms with E-state index in [1.807, 2.05) is 83.4 Å². The molecule has 8 aromatic heterocycles. The van der Waals surface area contributed by atoms with Crippen LogP contribution in [0.25, 0.3) is 54.5 Å². The summed E-state index contributed by atoms with van der Waals surface area (Å²) < 4.78 is 247. The first kappa shape index (κ1) is 96.9. The fourth-order valence-electron chi connectivity index (χ4n) is 14.2.